The normalized spacial score (nSPS) is 13.9. The zero-order valence-corrected chi connectivity index (χ0v) is 20.5. The Morgan fingerprint density at radius 2 is 1.74 bits per heavy atom. The third kappa shape index (κ3) is 3.98. The summed E-state index contributed by atoms with van der Waals surface area (Å²) in [5, 5.41) is 11.7. The van der Waals surface area contributed by atoms with Gasteiger partial charge in [-0.05, 0) is 42.7 Å². The highest BCUT2D eigenvalue weighted by Gasteiger charge is 2.23. The number of hydrogen-bond acceptors (Lipinski definition) is 6. The van der Waals surface area contributed by atoms with Crippen molar-refractivity contribution < 1.29 is 4.79 Å². The van der Waals surface area contributed by atoms with Crippen LogP contribution < -0.4 is 5.32 Å². The van der Waals surface area contributed by atoms with Crippen molar-refractivity contribution in [2.24, 2.45) is 5.92 Å². The number of carbonyl (C=O) groups is 1. The fourth-order valence-corrected chi connectivity index (χ4v) is 5.25. The number of H-pyrrole nitrogens is 2. The Balaban J connectivity index is 1.25. The number of rotatable bonds is 5. The lowest BCUT2D eigenvalue weighted by Gasteiger charge is -2.11. The molecule has 1 fully saturated rings. The Hall–Kier alpha value is -4.92. The van der Waals surface area contributed by atoms with Crippen molar-refractivity contribution in [3.05, 3.63) is 73.6 Å². The number of hydrogen-bond donors (Lipinski definition) is 3. The van der Waals surface area contributed by atoms with E-state index in [1.165, 1.54) is 0 Å². The Bertz CT molecular complexity index is 1780. The zero-order valence-electron chi connectivity index (χ0n) is 20.5. The monoisotopic (exact) mass is 500 g/mol. The molecule has 1 aliphatic rings. The van der Waals surface area contributed by atoms with E-state index in [4.69, 9.17) is 4.98 Å². The maximum absolute atomic E-state index is 12.6. The number of imidazole rings is 1. The molecule has 0 radical (unpaired) electrons. The molecule has 0 unspecified atom stereocenters. The summed E-state index contributed by atoms with van der Waals surface area (Å²) in [6, 6.07) is 11.9. The van der Waals surface area contributed by atoms with Gasteiger partial charge in [-0.2, -0.15) is 5.10 Å². The van der Waals surface area contributed by atoms with E-state index in [9.17, 15) is 4.79 Å². The van der Waals surface area contributed by atoms with Gasteiger partial charge in [0.15, 0.2) is 5.82 Å². The highest BCUT2D eigenvalue weighted by molar-refractivity contribution is 5.98. The third-order valence-electron chi connectivity index (χ3n) is 7.22. The summed E-state index contributed by atoms with van der Waals surface area (Å²) in [6.07, 6.45) is 14.8. The van der Waals surface area contributed by atoms with Crippen molar-refractivity contribution >= 4 is 33.5 Å². The third-order valence-corrected chi connectivity index (χ3v) is 7.22. The quantitative estimate of drug-likeness (QED) is 0.277. The molecule has 0 spiro atoms. The molecule has 38 heavy (non-hydrogen) atoms. The fourth-order valence-electron chi connectivity index (χ4n) is 5.25. The molecule has 1 aliphatic carbocycles. The molecular formula is C29H24N8O. The van der Waals surface area contributed by atoms with E-state index < -0.39 is 0 Å². The molecule has 3 N–H and O–H groups in total. The maximum Gasteiger partial charge on any atom is 0.227 e. The number of benzene rings is 1. The minimum absolute atomic E-state index is 0.0825. The average molecular weight is 501 g/mol. The van der Waals surface area contributed by atoms with Crippen LogP contribution in [0.2, 0.25) is 0 Å². The van der Waals surface area contributed by atoms with Crippen LogP contribution in [0.3, 0.4) is 0 Å². The number of aromatic amines is 2. The first-order valence-corrected chi connectivity index (χ1v) is 12.7. The maximum atomic E-state index is 12.6. The highest BCUT2D eigenvalue weighted by atomic mass is 16.1. The molecule has 9 heteroatoms. The summed E-state index contributed by atoms with van der Waals surface area (Å²) in [5.41, 5.74) is 7.69. The van der Waals surface area contributed by atoms with Crippen molar-refractivity contribution in [2.45, 2.75) is 25.7 Å². The lowest BCUT2D eigenvalue weighted by Crippen LogP contribution is -2.20. The predicted molar refractivity (Wildman–Crippen MR) is 146 cm³/mol. The van der Waals surface area contributed by atoms with Crippen LogP contribution in [0.25, 0.3) is 55.7 Å². The molecular weight excluding hydrogens is 476 g/mol. The molecule has 0 saturated heterocycles. The molecule has 1 aromatic carbocycles. The number of pyridine rings is 3. The van der Waals surface area contributed by atoms with Crippen LogP contribution in [0.15, 0.2) is 73.6 Å². The smallest absolute Gasteiger partial charge is 0.227 e. The van der Waals surface area contributed by atoms with Gasteiger partial charge in [0.1, 0.15) is 11.2 Å². The number of carbonyl (C=O) groups excluding carboxylic acids is 1. The standard InChI is InChI=1S/C29H24N8O/c38-29(17-4-1-2-5-17)33-21-10-20(13-31-14-21)18-7-8-24-22(11-18)27(37-36-24)28-34-25-16-32-15-23(26(25)35-28)19-6-3-9-30-12-19/h3,6-17H,1-2,4-5H2,(H,33,38)(H,34,35)(H,36,37). The Morgan fingerprint density at radius 3 is 2.61 bits per heavy atom. The van der Waals surface area contributed by atoms with Crippen LogP contribution in [0, 0.1) is 5.92 Å². The second-order valence-corrected chi connectivity index (χ2v) is 9.68. The van der Waals surface area contributed by atoms with Crippen molar-refractivity contribution in [1.82, 2.24) is 35.1 Å². The van der Waals surface area contributed by atoms with Crippen LogP contribution in [-0.2, 0) is 4.79 Å². The van der Waals surface area contributed by atoms with Gasteiger partial charge >= 0.3 is 0 Å². The molecule has 7 rings (SSSR count). The van der Waals surface area contributed by atoms with Crippen molar-refractivity contribution in [1.29, 1.82) is 0 Å². The lowest BCUT2D eigenvalue weighted by atomic mass is 10.0. The first-order valence-electron chi connectivity index (χ1n) is 12.7. The second-order valence-electron chi connectivity index (χ2n) is 9.68. The van der Waals surface area contributed by atoms with Gasteiger partial charge < -0.3 is 10.3 Å². The van der Waals surface area contributed by atoms with Gasteiger partial charge in [0, 0.05) is 52.8 Å². The van der Waals surface area contributed by atoms with Gasteiger partial charge in [-0.1, -0.05) is 25.0 Å². The Kier molecular flexibility index (Phi) is 5.39. The molecule has 9 nitrogen and oxygen atoms in total. The van der Waals surface area contributed by atoms with E-state index in [0.29, 0.717) is 17.2 Å². The van der Waals surface area contributed by atoms with Gasteiger partial charge in [-0.3, -0.25) is 24.8 Å². The van der Waals surface area contributed by atoms with Gasteiger partial charge in [-0.25, -0.2) is 4.98 Å². The van der Waals surface area contributed by atoms with Crippen LogP contribution >= 0.6 is 0 Å². The summed E-state index contributed by atoms with van der Waals surface area (Å²) in [5.74, 6) is 0.831. The van der Waals surface area contributed by atoms with Crippen LogP contribution in [0.5, 0.6) is 0 Å². The first-order chi connectivity index (χ1) is 18.7. The van der Waals surface area contributed by atoms with Gasteiger partial charge in [0.05, 0.1) is 29.1 Å². The fraction of sp³-hybridized carbons (Fsp3) is 0.172. The summed E-state index contributed by atoms with van der Waals surface area (Å²) >= 11 is 0. The number of nitrogens with zero attached hydrogens (tertiary/aromatic N) is 5. The number of fused-ring (bicyclic) bond motifs is 2. The highest BCUT2D eigenvalue weighted by Crippen LogP contribution is 2.33. The molecule has 5 aromatic heterocycles. The van der Waals surface area contributed by atoms with Crippen molar-refractivity contribution in [2.75, 3.05) is 5.32 Å². The molecule has 6 aromatic rings. The van der Waals surface area contributed by atoms with Crippen LogP contribution in [-0.4, -0.2) is 41.0 Å². The topological polar surface area (TPSA) is 125 Å². The lowest BCUT2D eigenvalue weighted by molar-refractivity contribution is -0.119. The Labute approximate surface area is 217 Å². The Morgan fingerprint density at radius 1 is 0.868 bits per heavy atom. The minimum atomic E-state index is 0.0825. The van der Waals surface area contributed by atoms with Crippen LogP contribution in [0.4, 0.5) is 5.69 Å². The molecule has 1 amide bonds. The summed E-state index contributed by atoms with van der Waals surface area (Å²) < 4.78 is 0. The summed E-state index contributed by atoms with van der Waals surface area (Å²) in [6.45, 7) is 0. The minimum Gasteiger partial charge on any atom is -0.335 e. The number of amides is 1. The first kappa shape index (κ1) is 22.3. The summed E-state index contributed by atoms with van der Waals surface area (Å²) in [7, 11) is 0. The number of anilines is 1. The summed E-state index contributed by atoms with van der Waals surface area (Å²) in [4.78, 5) is 33.9. The van der Waals surface area contributed by atoms with Gasteiger partial charge in [0.25, 0.3) is 0 Å². The van der Waals surface area contributed by atoms with E-state index in [0.717, 1.165) is 69.9 Å². The van der Waals surface area contributed by atoms with E-state index >= 15 is 0 Å². The van der Waals surface area contributed by atoms with Gasteiger partial charge in [-0.15, -0.1) is 0 Å². The van der Waals surface area contributed by atoms with Crippen molar-refractivity contribution in [3.63, 3.8) is 0 Å². The van der Waals surface area contributed by atoms with E-state index in [-0.39, 0.29) is 11.8 Å². The predicted octanol–water partition coefficient (Wildman–Crippen LogP) is 5.75. The van der Waals surface area contributed by atoms with E-state index in [1.807, 2.05) is 30.3 Å². The molecule has 0 bridgehead atoms. The van der Waals surface area contributed by atoms with E-state index in [2.05, 4.69) is 41.5 Å². The average Bonchev–Trinajstić information content (AvgIpc) is 3.73. The SMILES string of the molecule is O=C(Nc1cncc(-c2ccc3[nH]nc(-c4nc5c(-c6cccnc6)cncc5[nH]4)c3c2)c1)C1CCCC1. The number of nitrogens with one attached hydrogen (secondary N) is 3. The van der Waals surface area contributed by atoms with Crippen molar-refractivity contribution in [3.8, 4) is 33.8 Å². The van der Waals surface area contributed by atoms with Gasteiger partial charge in [0.2, 0.25) is 5.91 Å². The molecule has 0 atom stereocenters. The van der Waals surface area contributed by atoms with Crippen LogP contribution in [0.1, 0.15) is 25.7 Å². The molecule has 0 aliphatic heterocycles. The number of aromatic nitrogens is 7. The molecule has 5 heterocycles. The molecule has 1 saturated carbocycles. The second kappa shape index (κ2) is 9.19. The largest absolute Gasteiger partial charge is 0.335 e. The van der Waals surface area contributed by atoms with E-state index in [1.54, 1.807) is 37.2 Å². The zero-order chi connectivity index (χ0) is 25.5. The molecule has 186 valence electrons.